The van der Waals surface area contributed by atoms with Crippen molar-refractivity contribution in [2.45, 2.75) is 19.4 Å². The fourth-order valence-electron chi connectivity index (χ4n) is 2.20. The summed E-state index contributed by atoms with van der Waals surface area (Å²) in [5, 5.41) is 5.62. The van der Waals surface area contributed by atoms with E-state index in [1.165, 1.54) is 0 Å². The van der Waals surface area contributed by atoms with Gasteiger partial charge in [0.05, 0.1) is 11.9 Å². The summed E-state index contributed by atoms with van der Waals surface area (Å²) in [6.07, 6.45) is 5.75. The van der Waals surface area contributed by atoms with E-state index in [0.717, 1.165) is 11.3 Å². The number of nitrogens with one attached hydrogen (secondary N) is 2. The Kier molecular flexibility index (Phi) is 6.81. The number of pyridine rings is 1. The highest BCUT2D eigenvalue weighted by atomic mass is 32.2. The maximum atomic E-state index is 12.5. The Morgan fingerprint density at radius 3 is 2.75 bits per heavy atom. The first-order valence-electron chi connectivity index (χ1n) is 7.67. The molecule has 0 unspecified atom stereocenters. The molecular formula is C18H21N3O2S. The Balaban J connectivity index is 2.06. The van der Waals surface area contributed by atoms with Crippen molar-refractivity contribution in [3.05, 3.63) is 59.9 Å². The van der Waals surface area contributed by atoms with Crippen molar-refractivity contribution in [1.82, 2.24) is 10.3 Å². The first-order chi connectivity index (χ1) is 11.6. The molecule has 2 amide bonds. The highest BCUT2D eigenvalue weighted by Crippen LogP contribution is 2.09. The van der Waals surface area contributed by atoms with Crippen molar-refractivity contribution in [2.24, 2.45) is 0 Å². The third-order valence-corrected chi connectivity index (χ3v) is 4.09. The number of hydrogen-bond donors (Lipinski definition) is 2. The van der Waals surface area contributed by atoms with Gasteiger partial charge in [-0.1, -0.05) is 17.7 Å². The molecule has 1 atom stereocenters. The average molecular weight is 343 g/mol. The van der Waals surface area contributed by atoms with Gasteiger partial charge in [-0.2, -0.15) is 11.8 Å². The lowest BCUT2D eigenvalue weighted by Gasteiger charge is -2.18. The van der Waals surface area contributed by atoms with Gasteiger partial charge in [0, 0.05) is 11.8 Å². The quantitative estimate of drug-likeness (QED) is 0.811. The van der Waals surface area contributed by atoms with Gasteiger partial charge >= 0.3 is 0 Å². The van der Waals surface area contributed by atoms with Gasteiger partial charge in [-0.15, -0.1) is 0 Å². The molecule has 0 aliphatic heterocycles. The van der Waals surface area contributed by atoms with E-state index in [4.69, 9.17) is 0 Å². The largest absolute Gasteiger partial charge is 0.340 e. The summed E-state index contributed by atoms with van der Waals surface area (Å²) in [7, 11) is 0. The van der Waals surface area contributed by atoms with Crippen LogP contribution in [0.4, 0.5) is 5.69 Å². The molecule has 0 saturated carbocycles. The van der Waals surface area contributed by atoms with E-state index in [1.54, 1.807) is 48.4 Å². The van der Waals surface area contributed by atoms with Crippen LogP contribution in [0.1, 0.15) is 22.3 Å². The van der Waals surface area contributed by atoms with Gasteiger partial charge in [0.15, 0.2) is 0 Å². The van der Waals surface area contributed by atoms with Crippen LogP contribution >= 0.6 is 11.8 Å². The standard InChI is InChI=1S/C18H21N3O2S/c1-13-5-3-6-14(11-13)17(22)21-16(8-10-24-2)18(23)20-15-7-4-9-19-12-15/h3-7,9,11-12,16H,8,10H2,1-2H3,(H,20,23)(H,21,22)/t16-/m1/s1. The summed E-state index contributed by atoms with van der Waals surface area (Å²) in [6.45, 7) is 1.93. The van der Waals surface area contributed by atoms with Crippen LogP contribution in [0.25, 0.3) is 0 Å². The monoisotopic (exact) mass is 343 g/mol. The number of aryl methyl sites for hydroxylation is 1. The Labute approximate surface area is 146 Å². The lowest BCUT2D eigenvalue weighted by molar-refractivity contribution is -0.118. The second kappa shape index (κ2) is 9.08. The molecule has 0 aliphatic rings. The average Bonchev–Trinajstić information content (AvgIpc) is 2.59. The molecule has 5 nitrogen and oxygen atoms in total. The summed E-state index contributed by atoms with van der Waals surface area (Å²) < 4.78 is 0. The normalized spacial score (nSPS) is 11.6. The number of aromatic nitrogens is 1. The molecule has 126 valence electrons. The van der Waals surface area contributed by atoms with Gasteiger partial charge in [0.25, 0.3) is 5.91 Å². The van der Waals surface area contributed by atoms with Crippen molar-refractivity contribution < 1.29 is 9.59 Å². The molecule has 2 aromatic rings. The Morgan fingerprint density at radius 1 is 1.25 bits per heavy atom. The molecule has 1 aromatic heterocycles. The van der Waals surface area contributed by atoms with Gasteiger partial charge < -0.3 is 10.6 Å². The number of thioether (sulfide) groups is 1. The van der Waals surface area contributed by atoms with Crippen LogP contribution in [-0.4, -0.2) is 34.8 Å². The number of benzene rings is 1. The minimum atomic E-state index is -0.592. The van der Waals surface area contributed by atoms with Crippen LogP contribution < -0.4 is 10.6 Å². The van der Waals surface area contributed by atoms with E-state index >= 15 is 0 Å². The van der Waals surface area contributed by atoms with E-state index in [-0.39, 0.29) is 11.8 Å². The smallest absolute Gasteiger partial charge is 0.251 e. The van der Waals surface area contributed by atoms with Crippen LogP contribution in [0.2, 0.25) is 0 Å². The number of carbonyl (C=O) groups excluding carboxylic acids is 2. The van der Waals surface area contributed by atoms with Gasteiger partial charge in [-0.3, -0.25) is 14.6 Å². The minimum absolute atomic E-state index is 0.238. The van der Waals surface area contributed by atoms with Crippen LogP contribution in [0.5, 0.6) is 0 Å². The minimum Gasteiger partial charge on any atom is -0.340 e. The number of nitrogens with zero attached hydrogens (tertiary/aromatic N) is 1. The van der Waals surface area contributed by atoms with E-state index in [1.807, 2.05) is 25.3 Å². The van der Waals surface area contributed by atoms with Gasteiger partial charge in [0.2, 0.25) is 5.91 Å². The molecule has 24 heavy (non-hydrogen) atoms. The number of carbonyl (C=O) groups is 2. The Hall–Kier alpha value is -2.34. The second-order valence-electron chi connectivity index (χ2n) is 5.41. The van der Waals surface area contributed by atoms with Gasteiger partial charge in [0.1, 0.15) is 6.04 Å². The molecule has 0 aliphatic carbocycles. The summed E-state index contributed by atoms with van der Waals surface area (Å²) in [5.41, 5.74) is 2.17. The van der Waals surface area contributed by atoms with E-state index in [9.17, 15) is 9.59 Å². The molecule has 0 fully saturated rings. The summed E-state index contributed by atoms with van der Waals surface area (Å²) >= 11 is 1.64. The highest BCUT2D eigenvalue weighted by Gasteiger charge is 2.21. The third kappa shape index (κ3) is 5.38. The van der Waals surface area contributed by atoms with Gasteiger partial charge in [-0.05, 0) is 49.6 Å². The lowest BCUT2D eigenvalue weighted by atomic mass is 10.1. The topological polar surface area (TPSA) is 71.1 Å². The predicted octanol–water partition coefficient (Wildman–Crippen LogP) is 2.88. The van der Waals surface area contributed by atoms with Crippen molar-refractivity contribution in [3.8, 4) is 0 Å². The Bertz CT molecular complexity index is 692. The summed E-state index contributed by atoms with van der Waals surface area (Å²) in [6, 6.07) is 10.2. The zero-order valence-corrected chi connectivity index (χ0v) is 14.6. The molecular weight excluding hydrogens is 322 g/mol. The van der Waals surface area contributed by atoms with E-state index in [0.29, 0.717) is 17.7 Å². The number of amides is 2. The zero-order chi connectivity index (χ0) is 17.4. The van der Waals surface area contributed by atoms with E-state index < -0.39 is 6.04 Å². The summed E-state index contributed by atoms with van der Waals surface area (Å²) in [4.78, 5) is 28.9. The number of rotatable bonds is 7. The number of hydrogen-bond acceptors (Lipinski definition) is 4. The van der Waals surface area contributed by atoms with Crippen LogP contribution in [0, 0.1) is 6.92 Å². The molecule has 0 bridgehead atoms. The van der Waals surface area contributed by atoms with Crippen molar-refractivity contribution in [1.29, 1.82) is 0 Å². The van der Waals surface area contributed by atoms with Crippen LogP contribution in [-0.2, 0) is 4.79 Å². The molecule has 0 saturated heterocycles. The molecule has 6 heteroatoms. The lowest BCUT2D eigenvalue weighted by Crippen LogP contribution is -2.44. The molecule has 2 N–H and O–H groups in total. The SMILES string of the molecule is CSCC[C@@H](NC(=O)c1cccc(C)c1)C(=O)Nc1cccnc1. The molecule has 2 rings (SSSR count). The first kappa shape index (κ1) is 18.0. The fraction of sp³-hybridized carbons (Fsp3) is 0.278. The number of anilines is 1. The van der Waals surface area contributed by atoms with Crippen molar-refractivity contribution in [3.63, 3.8) is 0 Å². The zero-order valence-electron chi connectivity index (χ0n) is 13.8. The Morgan fingerprint density at radius 2 is 2.08 bits per heavy atom. The fourth-order valence-corrected chi connectivity index (χ4v) is 2.67. The van der Waals surface area contributed by atoms with Crippen molar-refractivity contribution >= 4 is 29.3 Å². The third-order valence-electron chi connectivity index (χ3n) is 3.44. The molecule has 1 heterocycles. The molecule has 0 radical (unpaired) electrons. The molecule has 0 spiro atoms. The first-order valence-corrected chi connectivity index (χ1v) is 9.07. The van der Waals surface area contributed by atoms with Gasteiger partial charge in [-0.25, -0.2) is 0 Å². The maximum Gasteiger partial charge on any atom is 0.251 e. The maximum absolute atomic E-state index is 12.5. The van der Waals surface area contributed by atoms with Crippen LogP contribution in [0.3, 0.4) is 0 Å². The molecule has 1 aromatic carbocycles. The van der Waals surface area contributed by atoms with Crippen molar-refractivity contribution in [2.75, 3.05) is 17.3 Å². The van der Waals surface area contributed by atoms with E-state index in [2.05, 4.69) is 15.6 Å². The predicted molar refractivity (Wildman–Crippen MR) is 98.3 cm³/mol. The van der Waals surface area contributed by atoms with Crippen LogP contribution in [0.15, 0.2) is 48.8 Å². The summed E-state index contributed by atoms with van der Waals surface area (Å²) in [5.74, 6) is 0.295. The second-order valence-corrected chi connectivity index (χ2v) is 6.39. The highest BCUT2D eigenvalue weighted by molar-refractivity contribution is 7.98.